The van der Waals surface area contributed by atoms with Crippen LogP contribution in [0.15, 0.2) is 65.1 Å². The number of H-pyrrole nitrogens is 1. The smallest absolute Gasteiger partial charge is 0.257 e. The lowest BCUT2D eigenvalue weighted by Crippen LogP contribution is -2.34. The molecule has 3 rings (SSSR count). The molecule has 0 atom stereocenters. The van der Waals surface area contributed by atoms with Gasteiger partial charge in [0.05, 0.1) is 5.69 Å². The summed E-state index contributed by atoms with van der Waals surface area (Å²) in [7, 11) is 0. The van der Waals surface area contributed by atoms with Gasteiger partial charge < -0.3 is 5.32 Å². The van der Waals surface area contributed by atoms with E-state index in [0.717, 1.165) is 15.7 Å². The first kappa shape index (κ1) is 16.4. The van der Waals surface area contributed by atoms with Gasteiger partial charge in [-0.05, 0) is 42.0 Å². The highest BCUT2D eigenvalue weighted by molar-refractivity contribution is 9.10. The van der Waals surface area contributed by atoms with E-state index in [4.69, 9.17) is 12.2 Å². The monoisotopic (exact) mass is 400 g/mol. The molecule has 0 fully saturated rings. The number of carbonyl (C=O) groups is 1. The number of carbonyl (C=O) groups excluding carboxylic acids is 1. The van der Waals surface area contributed by atoms with E-state index in [-0.39, 0.29) is 11.0 Å². The topological polar surface area (TPSA) is 69.8 Å². The summed E-state index contributed by atoms with van der Waals surface area (Å²) < 4.78 is 1.01. The molecule has 24 heavy (non-hydrogen) atoms. The van der Waals surface area contributed by atoms with Crippen molar-refractivity contribution >= 4 is 45.0 Å². The van der Waals surface area contributed by atoms with E-state index in [1.54, 1.807) is 24.3 Å². The molecular formula is C17H13BrN4OS. The third-order valence-corrected chi connectivity index (χ3v) is 3.97. The molecule has 5 nitrogen and oxygen atoms in total. The summed E-state index contributed by atoms with van der Waals surface area (Å²) in [6.07, 6.45) is 0. The van der Waals surface area contributed by atoms with Gasteiger partial charge in [-0.15, -0.1) is 0 Å². The van der Waals surface area contributed by atoms with Gasteiger partial charge in [-0.2, -0.15) is 5.10 Å². The van der Waals surface area contributed by atoms with Crippen LogP contribution in [-0.4, -0.2) is 21.2 Å². The fourth-order valence-electron chi connectivity index (χ4n) is 2.08. The summed E-state index contributed by atoms with van der Waals surface area (Å²) in [4.78, 5) is 12.0. The molecule has 0 radical (unpaired) electrons. The van der Waals surface area contributed by atoms with Crippen LogP contribution in [0.2, 0.25) is 0 Å². The molecule has 3 N–H and O–H groups in total. The number of nitrogens with zero attached hydrogens (tertiary/aromatic N) is 1. The van der Waals surface area contributed by atoms with Crippen molar-refractivity contribution in [2.24, 2.45) is 0 Å². The lowest BCUT2D eigenvalue weighted by atomic mass is 10.1. The summed E-state index contributed by atoms with van der Waals surface area (Å²) >= 11 is 8.55. The van der Waals surface area contributed by atoms with Crippen LogP contribution in [0.4, 0.5) is 5.82 Å². The van der Waals surface area contributed by atoms with Crippen molar-refractivity contribution in [1.29, 1.82) is 0 Å². The summed E-state index contributed by atoms with van der Waals surface area (Å²) in [5, 5.41) is 12.8. The average molecular weight is 401 g/mol. The van der Waals surface area contributed by atoms with Gasteiger partial charge in [-0.1, -0.05) is 46.3 Å². The van der Waals surface area contributed by atoms with Gasteiger partial charge >= 0.3 is 0 Å². The number of benzene rings is 2. The average Bonchev–Trinajstić information content (AvgIpc) is 3.04. The number of aromatic amines is 1. The Bertz CT molecular complexity index is 862. The Morgan fingerprint density at radius 1 is 1.08 bits per heavy atom. The number of halogens is 1. The molecule has 120 valence electrons. The van der Waals surface area contributed by atoms with E-state index in [2.05, 4.69) is 36.8 Å². The lowest BCUT2D eigenvalue weighted by molar-refractivity contribution is 0.0977. The van der Waals surface area contributed by atoms with E-state index in [0.29, 0.717) is 11.4 Å². The molecule has 0 aliphatic rings. The van der Waals surface area contributed by atoms with Gasteiger partial charge in [0.15, 0.2) is 10.9 Å². The standard InChI is InChI=1S/C17H13BrN4OS/c18-13-8-6-11(7-9-13)14-10-15(22-21-14)19-17(24)20-16(23)12-4-2-1-3-5-12/h1-10H,(H3,19,20,21,22,23,24). The molecular weight excluding hydrogens is 388 g/mol. The Labute approximate surface area is 152 Å². The SMILES string of the molecule is O=C(NC(=S)Nc1cc(-c2ccc(Br)cc2)[nH]n1)c1ccccc1. The van der Waals surface area contributed by atoms with Crippen molar-refractivity contribution in [3.63, 3.8) is 0 Å². The Morgan fingerprint density at radius 2 is 1.79 bits per heavy atom. The lowest BCUT2D eigenvalue weighted by Gasteiger charge is -2.06. The zero-order chi connectivity index (χ0) is 16.9. The number of amides is 1. The van der Waals surface area contributed by atoms with Crippen LogP contribution < -0.4 is 10.6 Å². The van der Waals surface area contributed by atoms with E-state index in [9.17, 15) is 4.79 Å². The second kappa shape index (κ2) is 7.37. The van der Waals surface area contributed by atoms with Gasteiger partial charge in [-0.25, -0.2) is 0 Å². The molecule has 0 aliphatic heterocycles. The summed E-state index contributed by atoms with van der Waals surface area (Å²) in [6, 6.07) is 18.5. The normalized spacial score (nSPS) is 10.2. The molecule has 2 aromatic carbocycles. The number of nitrogens with one attached hydrogen (secondary N) is 3. The van der Waals surface area contributed by atoms with Gasteiger partial charge in [-0.3, -0.25) is 15.2 Å². The Balaban J connectivity index is 1.63. The molecule has 0 bridgehead atoms. The molecule has 1 heterocycles. The van der Waals surface area contributed by atoms with E-state index in [1.807, 2.05) is 36.4 Å². The minimum atomic E-state index is -0.267. The highest BCUT2D eigenvalue weighted by Crippen LogP contribution is 2.21. The van der Waals surface area contributed by atoms with Crippen LogP contribution in [0.1, 0.15) is 10.4 Å². The van der Waals surface area contributed by atoms with Crippen LogP contribution in [0.3, 0.4) is 0 Å². The first-order valence-electron chi connectivity index (χ1n) is 7.10. The van der Waals surface area contributed by atoms with Crippen molar-refractivity contribution in [3.8, 4) is 11.3 Å². The molecule has 1 amide bonds. The number of rotatable bonds is 3. The first-order valence-corrected chi connectivity index (χ1v) is 8.31. The molecule has 0 spiro atoms. The van der Waals surface area contributed by atoms with Crippen LogP contribution >= 0.6 is 28.1 Å². The van der Waals surface area contributed by atoms with Crippen LogP contribution in [0.25, 0.3) is 11.3 Å². The number of hydrogen-bond donors (Lipinski definition) is 3. The molecule has 0 unspecified atom stereocenters. The van der Waals surface area contributed by atoms with E-state index < -0.39 is 0 Å². The summed E-state index contributed by atoms with van der Waals surface area (Å²) in [5.41, 5.74) is 2.39. The van der Waals surface area contributed by atoms with Crippen molar-refractivity contribution in [3.05, 3.63) is 70.7 Å². The van der Waals surface area contributed by atoms with Gasteiger partial charge in [0.2, 0.25) is 0 Å². The summed E-state index contributed by atoms with van der Waals surface area (Å²) in [6.45, 7) is 0. The Hall–Kier alpha value is -2.51. The van der Waals surface area contributed by atoms with Crippen molar-refractivity contribution in [2.45, 2.75) is 0 Å². The zero-order valence-corrected chi connectivity index (χ0v) is 14.8. The molecule has 7 heteroatoms. The minimum absolute atomic E-state index is 0.192. The maximum atomic E-state index is 12.0. The molecule has 3 aromatic rings. The van der Waals surface area contributed by atoms with Gasteiger partial charge in [0, 0.05) is 16.1 Å². The predicted molar refractivity (Wildman–Crippen MR) is 102 cm³/mol. The number of hydrogen-bond acceptors (Lipinski definition) is 3. The second-order valence-corrected chi connectivity index (χ2v) is 6.27. The fraction of sp³-hybridized carbons (Fsp3) is 0. The van der Waals surface area contributed by atoms with Crippen LogP contribution in [-0.2, 0) is 0 Å². The van der Waals surface area contributed by atoms with E-state index in [1.165, 1.54) is 0 Å². The van der Waals surface area contributed by atoms with Gasteiger partial charge in [0.1, 0.15) is 0 Å². The second-order valence-electron chi connectivity index (χ2n) is 4.95. The molecule has 0 saturated carbocycles. The van der Waals surface area contributed by atoms with Gasteiger partial charge in [0.25, 0.3) is 5.91 Å². The summed E-state index contributed by atoms with van der Waals surface area (Å²) in [5.74, 6) is 0.267. The fourth-order valence-corrected chi connectivity index (χ4v) is 2.54. The number of anilines is 1. The predicted octanol–water partition coefficient (Wildman–Crippen LogP) is 3.97. The largest absolute Gasteiger partial charge is 0.316 e. The van der Waals surface area contributed by atoms with Crippen molar-refractivity contribution in [1.82, 2.24) is 15.5 Å². The number of aromatic nitrogens is 2. The Morgan fingerprint density at radius 3 is 2.50 bits per heavy atom. The van der Waals surface area contributed by atoms with Crippen LogP contribution in [0, 0.1) is 0 Å². The maximum absolute atomic E-state index is 12.0. The highest BCUT2D eigenvalue weighted by Gasteiger charge is 2.09. The minimum Gasteiger partial charge on any atom is -0.316 e. The number of thiocarbonyl (C=S) groups is 1. The molecule has 0 saturated heterocycles. The van der Waals surface area contributed by atoms with Crippen molar-refractivity contribution in [2.75, 3.05) is 5.32 Å². The third kappa shape index (κ3) is 4.06. The third-order valence-electron chi connectivity index (χ3n) is 3.24. The Kier molecular flexibility index (Phi) is 5.02. The van der Waals surface area contributed by atoms with Crippen LogP contribution in [0.5, 0.6) is 0 Å². The van der Waals surface area contributed by atoms with E-state index >= 15 is 0 Å². The highest BCUT2D eigenvalue weighted by atomic mass is 79.9. The quantitative estimate of drug-likeness (QED) is 0.581. The van der Waals surface area contributed by atoms with Crippen molar-refractivity contribution < 1.29 is 4.79 Å². The molecule has 0 aliphatic carbocycles. The first-order chi connectivity index (χ1) is 11.6. The zero-order valence-electron chi connectivity index (χ0n) is 12.4. The molecule has 1 aromatic heterocycles. The maximum Gasteiger partial charge on any atom is 0.257 e.